The first-order valence-electron chi connectivity index (χ1n) is 11.2. The van der Waals surface area contributed by atoms with Crippen molar-refractivity contribution < 1.29 is 4.48 Å². The second kappa shape index (κ2) is 14.3. The van der Waals surface area contributed by atoms with E-state index in [0.717, 1.165) is 0 Å². The topological polar surface area (TPSA) is 0 Å². The molecule has 0 unspecified atom stereocenters. The maximum atomic E-state index is 2.32. The summed E-state index contributed by atoms with van der Waals surface area (Å²) in [6.45, 7) is 10.6. The molecule has 0 N–H and O–H groups in total. The van der Waals surface area contributed by atoms with Crippen molar-refractivity contribution >= 4 is 0 Å². The van der Waals surface area contributed by atoms with Crippen molar-refractivity contribution in [3.63, 3.8) is 0 Å². The van der Waals surface area contributed by atoms with Crippen LogP contribution in [-0.4, -0.2) is 30.7 Å². The molecule has 23 heavy (non-hydrogen) atoms. The van der Waals surface area contributed by atoms with E-state index in [1.165, 1.54) is 133 Å². The predicted octanol–water partition coefficient (Wildman–Crippen LogP) is 7.10. The van der Waals surface area contributed by atoms with Crippen LogP contribution in [0.2, 0.25) is 0 Å². The number of hydrogen-bond acceptors (Lipinski definition) is 0. The first-order chi connectivity index (χ1) is 11.3. The minimum absolute atomic E-state index is 1.37. The molecule has 0 aromatic heterocycles. The fraction of sp³-hybridized carbons (Fsp3) is 1.00. The van der Waals surface area contributed by atoms with Gasteiger partial charge in [-0.15, -0.1) is 0 Å². The molecule has 0 atom stereocenters. The smallest absolute Gasteiger partial charge is 0.0788 e. The molecule has 0 radical (unpaired) electrons. The highest BCUT2D eigenvalue weighted by molar-refractivity contribution is 4.57. The van der Waals surface area contributed by atoms with Gasteiger partial charge in [-0.25, -0.2) is 0 Å². The average molecular weight is 325 g/mol. The molecule has 1 nitrogen and oxygen atoms in total. The molecule has 1 heteroatoms. The SMILES string of the molecule is CCCCCCCCCCC[N+]1(CCCCCCC)CCCC1. The van der Waals surface area contributed by atoms with Gasteiger partial charge in [0.2, 0.25) is 0 Å². The highest BCUT2D eigenvalue weighted by Gasteiger charge is 2.30. The molecule has 0 aromatic rings. The van der Waals surface area contributed by atoms with Gasteiger partial charge in [-0.2, -0.15) is 0 Å². The third-order valence-electron chi connectivity index (χ3n) is 5.99. The Hall–Kier alpha value is -0.0400. The minimum Gasteiger partial charge on any atom is -0.324 e. The van der Waals surface area contributed by atoms with Gasteiger partial charge in [0, 0.05) is 12.8 Å². The van der Waals surface area contributed by atoms with Crippen LogP contribution in [-0.2, 0) is 0 Å². The molecule has 1 heterocycles. The van der Waals surface area contributed by atoms with Gasteiger partial charge in [-0.05, 0) is 25.7 Å². The van der Waals surface area contributed by atoms with E-state index < -0.39 is 0 Å². The summed E-state index contributed by atoms with van der Waals surface area (Å²) in [6, 6.07) is 0. The van der Waals surface area contributed by atoms with Crippen LogP contribution < -0.4 is 0 Å². The third kappa shape index (κ3) is 10.4. The summed E-state index contributed by atoms with van der Waals surface area (Å²) in [5.41, 5.74) is 0. The fourth-order valence-electron chi connectivity index (χ4n) is 4.37. The molecular weight excluding hydrogens is 278 g/mol. The summed E-state index contributed by atoms with van der Waals surface area (Å²) in [5.74, 6) is 0. The van der Waals surface area contributed by atoms with E-state index in [2.05, 4.69) is 13.8 Å². The number of hydrogen-bond donors (Lipinski definition) is 0. The first-order valence-corrected chi connectivity index (χ1v) is 11.2. The molecular formula is C22H46N+. The Morgan fingerprint density at radius 3 is 1.22 bits per heavy atom. The molecule has 138 valence electrons. The quantitative estimate of drug-likeness (QED) is 0.210. The molecule has 0 bridgehead atoms. The number of likely N-dealkylation sites (tertiary alicyclic amines) is 1. The maximum absolute atomic E-state index is 2.32. The van der Waals surface area contributed by atoms with E-state index >= 15 is 0 Å². The molecule has 1 aliphatic rings. The Bertz CT molecular complexity index is 242. The van der Waals surface area contributed by atoms with Crippen LogP contribution >= 0.6 is 0 Å². The number of nitrogens with zero attached hydrogens (tertiary/aromatic N) is 1. The normalized spacial score (nSPS) is 17.0. The summed E-state index contributed by atoms with van der Waals surface area (Å²) in [4.78, 5) is 0. The van der Waals surface area contributed by atoms with Crippen molar-refractivity contribution in [3.05, 3.63) is 0 Å². The average Bonchev–Trinajstić information content (AvgIpc) is 3.02. The first kappa shape index (κ1) is 21.0. The third-order valence-corrected chi connectivity index (χ3v) is 5.99. The predicted molar refractivity (Wildman–Crippen MR) is 105 cm³/mol. The second-order valence-electron chi connectivity index (χ2n) is 8.19. The van der Waals surface area contributed by atoms with Crippen LogP contribution in [0.4, 0.5) is 0 Å². The van der Waals surface area contributed by atoms with Crippen molar-refractivity contribution in [2.45, 2.75) is 117 Å². The Labute approximate surface area is 147 Å². The summed E-state index contributed by atoms with van der Waals surface area (Å²) in [5, 5.41) is 0. The van der Waals surface area contributed by atoms with Crippen molar-refractivity contribution in [1.29, 1.82) is 0 Å². The fourth-order valence-corrected chi connectivity index (χ4v) is 4.37. The Morgan fingerprint density at radius 1 is 0.478 bits per heavy atom. The van der Waals surface area contributed by atoms with E-state index in [1.807, 2.05) is 0 Å². The zero-order chi connectivity index (χ0) is 16.6. The van der Waals surface area contributed by atoms with Crippen molar-refractivity contribution in [2.24, 2.45) is 0 Å². The van der Waals surface area contributed by atoms with Gasteiger partial charge in [0.1, 0.15) is 0 Å². The number of rotatable bonds is 16. The monoisotopic (exact) mass is 324 g/mol. The van der Waals surface area contributed by atoms with Gasteiger partial charge in [-0.3, -0.25) is 0 Å². The standard InChI is InChI=1S/C22H46N/c1-3-5-7-9-10-11-12-14-16-20-23(21-17-18-22-23)19-15-13-8-6-4-2/h3-22H2,1-2H3/q+1. The lowest BCUT2D eigenvalue weighted by atomic mass is 10.1. The van der Waals surface area contributed by atoms with E-state index in [1.54, 1.807) is 0 Å². The molecule has 0 amide bonds. The lowest BCUT2D eigenvalue weighted by molar-refractivity contribution is -0.917. The van der Waals surface area contributed by atoms with E-state index in [4.69, 9.17) is 0 Å². The largest absolute Gasteiger partial charge is 0.324 e. The highest BCUT2D eigenvalue weighted by atomic mass is 15.4. The van der Waals surface area contributed by atoms with Gasteiger partial charge in [-0.1, -0.05) is 78.1 Å². The Morgan fingerprint density at radius 2 is 0.826 bits per heavy atom. The lowest BCUT2D eigenvalue weighted by Gasteiger charge is -2.34. The number of quaternary nitrogens is 1. The molecule has 1 aliphatic heterocycles. The van der Waals surface area contributed by atoms with Crippen molar-refractivity contribution in [2.75, 3.05) is 26.2 Å². The zero-order valence-electron chi connectivity index (χ0n) is 16.6. The van der Waals surface area contributed by atoms with Crippen LogP contribution in [0.1, 0.15) is 117 Å². The van der Waals surface area contributed by atoms with E-state index in [-0.39, 0.29) is 0 Å². The van der Waals surface area contributed by atoms with Gasteiger partial charge in [0.15, 0.2) is 0 Å². The Balaban J connectivity index is 2.02. The summed E-state index contributed by atoms with van der Waals surface area (Å²) >= 11 is 0. The highest BCUT2D eigenvalue weighted by Crippen LogP contribution is 2.23. The second-order valence-corrected chi connectivity index (χ2v) is 8.19. The number of unbranched alkanes of at least 4 members (excludes halogenated alkanes) is 12. The van der Waals surface area contributed by atoms with Crippen LogP contribution in [0, 0.1) is 0 Å². The van der Waals surface area contributed by atoms with E-state index in [0.29, 0.717) is 0 Å². The van der Waals surface area contributed by atoms with Crippen LogP contribution in [0.15, 0.2) is 0 Å². The zero-order valence-corrected chi connectivity index (χ0v) is 16.6. The summed E-state index contributed by atoms with van der Waals surface area (Å²) < 4.78 is 1.49. The molecule has 0 saturated carbocycles. The molecule has 0 aromatic carbocycles. The van der Waals surface area contributed by atoms with Gasteiger partial charge >= 0.3 is 0 Å². The molecule has 1 fully saturated rings. The van der Waals surface area contributed by atoms with Crippen LogP contribution in [0.5, 0.6) is 0 Å². The minimum atomic E-state index is 1.37. The van der Waals surface area contributed by atoms with Crippen LogP contribution in [0.25, 0.3) is 0 Å². The lowest BCUT2D eigenvalue weighted by Crippen LogP contribution is -2.46. The molecule has 0 spiro atoms. The van der Waals surface area contributed by atoms with Gasteiger partial charge in [0.05, 0.1) is 26.2 Å². The summed E-state index contributed by atoms with van der Waals surface area (Å²) in [6.07, 6.45) is 23.4. The van der Waals surface area contributed by atoms with Gasteiger partial charge < -0.3 is 4.48 Å². The van der Waals surface area contributed by atoms with Crippen molar-refractivity contribution in [3.8, 4) is 0 Å². The van der Waals surface area contributed by atoms with Crippen molar-refractivity contribution in [1.82, 2.24) is 0 Å². The summed E-state index contributed by atoms with van der Waals surface area (Å²) in [7, 11) is 0. The van der Waals surface area contributed by atoms with Crippen LogP contribution in [0.3, 0.4) is 0 Å². The maximum Gasteiger partial charge on any atom is 0.0788 e. The Kier molecular flexibility index (Phi) is 13.1. The molecule has 0 aliphatic carbocycles. The van der Waals surface area contributed by atoms with Gasteiger partial charge in [0.25, 0.3) is 0 Å². The van der Waals surface area contributed by atoms with E-state index in [9.17, 15) is 0 Å². The molecule has 1 saturated heterocycles. The molecule has 1 rings (SSSR count).